The smallest absolute Gasteiger partial charge is 0.362 e. The van der Waals surface area contributed by atoms with Gasteiger partial charge in [0.05, 0.1) is 13.2 Å². The molecule has 0 aliphatic carbocycles. The third kappa shape index (κ3) is 3.24. The van der Waals surface area contributed by atoms with Crippen LogP contribution in [0.4, 0.5) is 0 Å². The molecule has 92 valence electrons. The zero-order valence-electron chi connectivity index (χ0n) is 8.79. The van der Waals surface area contributed by atoms with Crippen LogP contribution in [-0.2, 0) is 11.3 Å². The molecule has 0 amide bonds. The molecule has 1 N–H and O–H groups in total. The molecular weight excluding hydrogens is 264 g/mol. The molecule has 0 radical (unpaired) electrons. The van der Waals surface area contributed by atoms with Crippen LogP contribution in [0.1, 0.15) is 11.3 Å². The van der Waals surface area contributed by atoms with Crippen molar-refractivity contribution in [2.75, 3.05) is 13.2 Å². The van der Waals surface area contributed by atoms with Gasteiger partial charge in [0.2, 0.25) is 0 Å². The standard InChI is InChI=1S/C8H10N4O3S2/c13-12(14)10-7-11(2-1-3-15-7)5-6-4-9-8(16)17-6/h4H,1-3,5H2,(H,9,16). The fourth-order valence-electron chi connectivity index (χ4n) is 1.50. The van der Waals surface area contributed by atoms with Crippen LogP contribution < -0.4 is 0 Å². The maximum absolute atomic E-state index is 10.4. The second kappa shape index (κ2) is 5.23. The molecule has 0 saturated carbocycles. The lowest BCUT2D eigenvalue weighted by atomic mass is 10.3. The minimum absolute atomic E-state index is 0.0700. The molecule has 1 saturated heterocycles. The van der Waals surface area contributed by atoms with Gasteiger partial charge >= 0.3 is 6.02 Å². The average molecular weight is 274 g/mol. The van der Waals surface area contributed by atoms with Crippen molar-refractivity contribution in [1.29, 1.82) is 0 Å². The first-order chi connectivity index (χ1) is 8.15. The number of nitrogens with zero attached hydrogens (tertiary/aromatic N) is 3. The number of nitrogens with one attached hydrogen (secondary N) is 1. The number of hydrogen-bond acceptors (Lipinski definition) is 5. The summed E-state index contributed by atoms with van der Waals surface area (Å²) in [6.45, 7) is 1.67. The highest BCUT2D eigenvalue weighted by atomic mass is 32.1. The Hall–Kier alpha value is -1.48. The number of hydrogen-bond donors (Lipinski definition) is 1. The molecule has 1 aromatic rings. The molecule has 1 aliphatic rings. The van der Waals surface area contributed by atoms with Crippen molar-refractivity contribution in [2.45, 2.75) is 13.0 Å². The SMILES string of the molecule is O=[N+]([O-])N=C1OCCCN1Cc1c[nH]c(=S)s1. The number of ether oxygens (including phenoxy) is 1. The van der Waals surface area contributed by atoms with Crippen LogP contribution in [-0.4, -0.2) is 34.1 Å². The van der Waals surface area contributed by atoms with E-state index in [0.717, 1.165) is 11.3 Å². The summed E-state index contributed by atoms with van der Waals surface area (Å²) in [4.78, 5) is 16.0. The Morgan fingerprint density at radius 3 is 3.24 bits per heavy atom. The second-order valence-corrected chi connectivity index (χ2v) is 5.19. The van der Waals surface area contributed by atoms with E-state index >= 15 is 0 Å². The predicted octanol–water partition coefficient (Wildman–Crippen LogP) is 1.58. The highest BCUT2D eigenvalue weighted by Crippen LogP contribution is 2.15. The molecule has 1 aliphatic heterocycles. The summed E-state index contributed by atoms with van der Waals surface area (Å²) in [7, 11) is 0. The first kappa shape index (κ1) is 12.0. The van der Waals surface area contributed by atoms with Crippen LogP contribution in [0.5, 0.6) is 0 Å². The molecule has 0 aromatic carbocycles. The Morgan fingerprint density at radius 2 is 2.59 bits per heavy atom. The maximum Gasteiger partial charge on any atom is 0.362 e. The van der Waals surface area contributed by atoms with E-state index in [1.54, 1.807) is 11.1 Å². The molecule has 9 heteroatoms. The molecule has 2 rings (SSSR count). The van der Waals surface area contributed by atoms with E-state index in [-0.39, 0.29) is 6.02 Å². The first-order valence-electron chi connectivity index (χ1n) is 4.93. The Balaban J connectivity index is 2.11. The van der Waals surface area contributed by atoms with Gasteiger partial charge < -0.3 is 14.6 Å². The van der Waals surface area contributed by atoms with Crippen LogP contribution in [0.2, 0.25) is 0 Å². The van der Waals surface area contributed by atoms with Crippen LogP contribution in [0, 0.1) is 14.1 Å². The zero-order chi connectivity index (χ0) is 12.3. The van der Waals surface area contributed by atoms with Crippen molar-refractivity contribution in [2.24, 2.45) is 5.10 Å². The summed E-state index contributed by atoms with van der Waals surface area (Å²) in [5.41, 5.74) is 0. The molecule has 17 heavy (non-hydrogen) atoms. The molecule has 0 bridgehead atoms. The summed E-state index contributed by atoms with van der Waals surface area (Å²) in [5.74, 6) is 0. The van der Waals surface area contributed by atoms with E-state index in [4.69, 9.17) is 17.0 Å². The van der Waals surface area contributed by atoms with Crippen molar-refractivity contribution in [3.05, 3.63) is 25.1 Å². The van der Waals surface area contributed by atoms with E-state index in [1.165, 1.54) is 11.3 Å². The first-order valence-corrected chi connectivity index (χ1v) is 6.16. The Kier molecular flexibility index (Phi) is 3.69. The Bertz CT molecular complexity index is 495. The van der Waals surface area contributed by atoms with Gasteiger partial charge in [-0.15, -0.1) is 11.3 Å². The van der Waals surface area contributed by atoms with E-state index in [0.29, 0.717) is 23.7 Å². The lowest BCUT2D eigenvalue weighted by Gasteiger charge is -2.27. The van der Waals surface area contributed by atoms with Gasteiger partial charge in [-0.25, -0.2) is 10.1 Å². The van der Waals surface area contributed by atoms with Gasteiger partial charge in [0.15, 0.2) is 8.99 Å². The number of aromatic nitrogens is 1. The van der Waals surface area contributed by atoms with Crippen molar-refractivity contribution in [3.63, 3.8) is 0 Å². The highest BCUT2D eigenvalue weighted by Gasteiger charge is 2.22. The van der Waals surface area contributed by atoms with Crippen molar-refractivity contribution in [3.8, 4) is 0 Å². The average Bonchev–Trinajstić information content (AvgIpc) is 2.66. The number of hydrazone groups is 1. The van der Waals surface area contributed by atoms with E-state index < -0.39 is 5.03 Å². The fraction of sp³-hybridized carbons (Fsp3) is 0.500. The Morgan fingerprint density at radius 1 is 1.76 bits per heavy atom. The monoisotopic (exact) mass is 274 g/mol. The van der Waals surface area contributed by atoms with Gasteiger partial charge in [0.1, 0.15) is 5.10 Å². The molecule has 0 unspecified atom stereocenters. The molecule has 1 aromatic heterocycles. The maximum atomic E-state index is 10.4. The number of H-pyrrole nitrogens is 1. The number of rotatable bonds is 3. The topological polar surface area (TPSA) is 83.8 Å². The number of amidine groups is 1. The van der Waals surface area contributed by atoms with Crippen LogP contribution in [0.3, 0.4) is 0 Å². The molecule has 0 spiro atoms. The van der Waals surface area contributed by atoms with Gasteiger partial charge in [-0.05, 0) is 18.6 Å². The highest BCUT2D eigenvalue weighted by molar-refractivity contribution is 7.73. The second-order valence-electron chi connectivity index (χ2n) is 3.39. The van der Waals surface area contributed by atoms with Crippen molar-refractivity contribution in [1.82, 2.24) is 9.88 Å². The summed E-state index contributed by atoms with van der Waals surface area (Å²) >= 11 is 6.41. The van der Waals surface area contributed by atoms with Gasteiger partial charge in [0, 0.05) is 17.6 Å². The van der Waals surface area contributed by atoms with Crippen molar-refractivity contribution >= 4 is 29.6 Å². The minimum atomic E-state index is -0.743. The largest absolute Gasteiger partial charge is 0.461 e. The van der Waals surface area contributed by atoms with Crippen LogP contribution >= 0.6 is 23.6 Å². The van der Waals surface area contributed by atoms with Gasteiger partial charge in [-0.1, -0.05) is 0 Å². The molecule has 2 heterocycles. The van der Waals surface area contributed by atoms with Crippen molar-refractivity contribution < 1.29 is 9.77 Å². The van der Waals surface area contributed by atoms with E-state index in [1.807, 2.05) is 0 Å². The fourth-order valence-corrected chi connectivity index (χ4v) is 2.57. The van der Waals surface area contributed by atoms with Gasteiger partial charge in [0.25, 0.3) is 0 Å². The molecule has 0 atom stereocenters. The molecule has 1 fully saturated rings. The third-order valence-electron chi connectivity index (χ3n) is 2.16. The molecular formula is C8H10N4O3S2. The number of aromatic amines is 1. The summed E-state index contributed by atoms with van der Waals surface area (Å²) in [6.07, 6.45) is 2.62. The summed E-state index contributed by atoms with van der Waals surface area (Å²) < 4.78 is 5.87. The third-order valence-corrected chi connectivity index (χ3v) is 3.34. The Labute approximate surface area is 106 Å². The zero-order valence-corrected chi connectivity index (χ0v) is 10.4. The van der Waals surface area contributed by atoms with Crippen LogP contribution in [0.25, 0.3) is 0 Å². The molecule has 7 nitrogen and oxygen atoms in total. The quantitative estimate of drug-likeness (QED) is 0.514. The minimum Gasteiger partial charge on any atom is -0.461 e. The van der Waals surface area contributed by atoms with E-state index in [2.05, 4.69) is 10.1 Å². The lowest BCUT2D eigenvalue weighted by molar-refractivity contribution is -0.487. The van der Waals surface area contributed by atoms with Crippen LogP contribution in [0.15, 0.2) is 11.3 Å². The number of thiazole rings is 1. The summed E-state index contributed by atoms with van der Waals surface area (Å²) in [6, 6.07) is 0.0700. The van der Waals surface area contributed by atoms with E-state index in [9.17, 15) is 10.1 Å². The van der Waals surface area contributed by atoms with Gasteiger partial charge in [-0.3, -0.25) is 0 Å². The number of nitro groups is 1. The van der Waals surface area contributed by atoms with Gasteiger partial charge in [-0.2, -0.15) is 0 Å². The summed E-state index contributed by atoms with van der Waals surface area (Å²) in [5, 5.41) is 12.8. The lowest BCUT2D eigenvalue weighted by Crippen LogP contribution is -2.38. The normalized spacial score (nSPS) is 18.1. The predicted molar refractivity (Wildman–Crippen MR) is 64.9 cm³/mol.